The lowest BCUT2D eigenvalue weighted by Crippen LogP contribution is -2.16. The van der Waals surface area contributed by atoms with Gasteiger partial charge in [-0.1, -0.05) is 35.9 Å². The number of rotatable bonds is 3. The van der Waals surface area contributed by atoms with Crippen molar-refractivity contribution < 1.29 is 21.6 Å². The summed E-state index contributed by atoms with van der Waals surface area (Å²) in [5.41, 5.74) is 0. The molecule has 0 fully saturated rings. The molecule has 0 aromatic heterocycles. The highest BCUT2D eigenvalue weighted by molar-refractivity contribution is 7.91. The van der Waals surface area contributed by atoms with Crippen LogP contribution in [0, 0.1) is 0 Å². The molecule has 0 amide bonds. The molecular weight excluding hydrogens is 313 g/mol. The normalized spacial score (nSPS) is 12.8. The quantitative estimate of drug-likeness (QED) is 0.848. The molecule has 2 nitrogen and oxygen atoms in total. The maximum Gasteiger partial charge on any atom is 0.390 e. The van der Waals surface area contributed by atoms with E-state index in [1.807, 2.05) is 0 Å². The van der Waals surface area contributed by atoms with Crippen molar-refractivity contribution in [3.05, 3.63) is 41.4 Å². The van der Waals surface area contributed by atoms with Gasteiger partial charge in [0.15, 0.2) is 9.84 Å². The van der Waals surface area contributed by atoms with Gasteiger partial charge < -0.3 is 0 Å². The summed E-state index contributed by atoms with van der Waals surface area (Å²) in [4.78, 5) is -0.123. The molecule has 20 heavy (non-hydrogen) atoms. The standard InChI is InChI=1S/C13H10ClF3O2S/c14-11-5-6-12(10-4-2-1-3-9(10)11)20(18,19)8-7-13(15,16)17/h1-6H,7-8H2. The molecule has 2 rings (SSSR count). The molecule has 0 saturated heterocycles. The van der Waals surface area contributed by atoms with Crippen molar-refractivity contribution in [1.29, 1.82) is 0 Å². The van der Waals surface area contributed by atoms with Crippen LogP contribution in [0.1, 0.15) is 6.42 Å². The number of fused-ring (bicyclic) bond motifs is 1. The molecule has 2 aromatic carbocycles. The lowest BCUT2D eigenvalue weighted by atomic mass is 10.1. The molecule has 2 aromatic rings. The minimum Gasteiger partial charge on any atom is -0.224 e. The zero-order valence-electron chi connectivity index (χ0n) is 10.1. The van der Waals surface area contributed by atoms with Crippen LogP contribution in [0.15, 0.2) is 41.3 Å². The first-order chi connectivity index (χ1) is 9.21. The number of benzene rings is 2. The third-order valence-electron chi connectivity index (χ3n) is 2.82. The summed E-state index contributed by atoms with van der Waals surface area (Å²) in [5, 5.41) is 1.19. The smallest absolute Gasteiger partial charge is 0.224 e. The van der Waals surface area contributed by atoms with Crippen molar-refractivity contribution in [2.24, 2.45) is 0 Å². The van der Waals surface area contributed by atoms with E-state index in [4.69, 9.17) is 11.6 Å². The van der Waals surface area contributed by atoms with Crippen molar-refractivity contribution in [1.82, 2.24) is 0 Å². The highest BCUT2D eigenvalue weighted by Crippen LogP contribution is 2.31. The Kier molecular flexibility index (Phi) is 3.97. The van der Waals surface area contributed by atoms with Gasteiger partial charge in [-0.25, -0.2) is 8.42 Å². The Balaban J connectivity index is 2.50. The molecule has 7 heteroatoms. The zero-order chi connectivity index (χ0) is 15.0. The first-order valence-corrected chi connectivity index (χ1v) is 7.70. The summed E-state index contributed by atoms with van der Waals surface area (Å²) in [6.07, 6.45) is -5.87. The Morgan fingerprint density at radius 3 is 2.20 bits per heavy atom. The Morgan fingerprint density at radius 2 is 1.60 bits per heavy atom. The van der Waals surface area contributed by atoms with Gasteiger partial charge in [0.1, 0.15) is 0 Å². The molecular formula is C13H10ClF3O2S. The van der Waals surface area contributed by atoms with E-state index < -0.39 is 28.2 Å². The van der Waals surface area contributed by atoms with E-state index in [0.717, 1.165) is 0 Å². The molecule has 0 aliphatic rings. The summed E-state index contributed by atoms with van der Waals surface area (Å²) in [7, 11) is -4.02. The van der Waals surface area contributed by atoms with Gasteiger partial charge in [0.25, 0.3) is 0 Å². The zero-order valence-corrected chi connectivity index (χ0v) is 11.7. The largest absolute Gasteiger partial charge is 0.390 e. The third-order valence-corrected chi connectivity index (χ3v) is 4.92. The van der Waals surface area contributed by atoms with Crippen LogP contribution in [0.3, 0.4) is 0 Å². The topological polar surface area (TPSA) is 34.1 Å². The van der Waals surface area contributed by atoms with Crippen LogP contribution in [0.4, 0.5) is 13.2 Å². The molecule has 108 valence electrons. The minimum absolute atomic E-state index is 0.123. The van der Waals surface area contributed by atoms with Crippen LogP contribution >= 0.6 is 11.6 Å². The van der Waals surface area contributed by atoms with Gasteiger partial charge >= 0.3 is 6.18 Å². The lowest BCUT2D eigenvalue weighted by molar-refractivity contribution is -0.129. The van der Waals surface area contributed by atoms with Crippen molar-refractivity contribution >= 4 is 32.2 Å². The second kappa shape index (κ2) is 5.26. The van der Waals surface area contributed by atoms with E-state index in [2.05, 4.69) is 0 Å². The number of hydrogen-bond acceptors (Lipinski definition) is 2. The fourth-order valence-electron chi connectivity index (χ4n) is 1.87. The maximum atomic E-state index is 12.2. The molecule has 0 unspecified atom stereocenters. The van der Waals surface area contributed by atoms with Gasteiger partial charge in [0, 0.05) is 15.8 Å². The summed E-state index contributed by atoms with van der Waals surface area (Å²) in [5.74, 6) is -0.970. The summed E-state index contributed by atoms with van der Waals surface area (Å²) in [6, 6.07) is 9.07. The second-order valence-electron chi connectivity index (χ2n) is 4.28. The monoisotopic (exact) mass is 322 g/mol. The molecule has 0 saturated carbocycles. The number of sulfone groups is 1. The summed E-state index contributed by atoms with van der Waals surface area (Å²) in [6.45, 7) is 0. The fourth-order valence-corrected chi connectivity index (χ4v) is 3.60. The van der Waals surface area contributed by atoms with Crippen molar-refractivity contribution in [3.8, 4) is 0 Å². The first-order valence-electron chi connectivity index (χ1n) is 5.67. The minimum atomic E-state index is -4.50. The Labute approximate surface area is 119 Å². The second-order valence-corrected chi connectivity index (χ2v) is 6.76. The average molecular weight is 323 g/mol. The van der Waals surface area contributed by atoms with Crippen molar-refractivity contribution in [2.45, 2.75) is 17.5 Å². The van der Waals surface area contributed by atoms with Gasteiger partial charge in [-0.05, 0) is 12.1 Å². The predicted octanol–water partition coefficient (Wildman–Crippen LogP) is 4.22. The molecule has 0 aliphatic heterocycles. The first kappa shape index (κ1) is 15.1. The SMILES string of the molecule is O=S(=O)(CCC(F)(F)F)c1ccc(Cl)c2ccccc12. The average Bonchev–Trinajstić information content (AvgIpc) is 2.36. The molecule has 0 spiro atoms. The summed E-state index contributed by atoms with van der Waals surface area (Å²) >= 11 is 5.95. The summed E-state index contributed by atoms with van der Waals surface area (Å²) < 4.78 is 60.7. The highest BCUT2D eigenvalue weighted by Gasteiger charge is 2.31. The van der Waals surface area contributed by atoms with E-state index in [0.29, 0.717) is 15.8 Å². The Bertz CT molecular complexity index is 739. The van der Waals surface area contributed by atoms with Gasteiger partial charge in [0.05, 0.1) is 17.1 Å². The fraction of sp³-hybridized carbons (Fsp3) is 0.231. The highest BCUT2D eigenvalue weighted by atomic mass is 35.5. The van der Waals surface area contributed by atoms with Crippen molar-refractivity contribution in [2.75, 3.05) is 5.75 Å². The third kappa shape index (κ3) is 3.24. The van der Waals surface area contributed by atoms with Crippen LogP contribution in [-0.2, 0) is 9.84 Å². The van der Waals surface area contributed by atoms with E-state index in [9.17, 15) is 21.6 Å². The van der Waals surface area contributed by atoms with Gasteiger partial charge in [0.2, 0.25) is 0 Å². The van der Waals surface area contributed by atoms with Crippen LogP contribution in [0.2, 0.25) is 5.02 Å². The molecule has 0 heterocycles. The lowest BCUT2D eigenvalue weighted by Gasteiger charge is -2.10. The van der Waals surface area contributed by atoms with Crippen LogP contribution in [0.25, 0.3) is 10.8 Å². The Morgan fingerprint density at radius 1 is 1.00 bits per heavy atom. The van der Waals surface area contributed by atoms with Crippen LogP contribution in [-0.4, -0.2) is 20.3 Å². The van der Waals surface area contributed by atoms with Gasteiger partial charge in [-0.3, -0.25) is 0 Å². The van der Waals surface area contributed by atoms with E-state index >= 15 is 0 Å². The molecule has 0 bridgehead atoms. The Hall–Kier alpha value is -1.27. The van der Waals surface area contributed by atoms with E-state index in [-0.39, 0.29) is 4.90 Å². The predicted molar refractivity (Wildman–Crippen MR) is 71.7 cm³/mol. The van der Waals surface area contributed by atoms with Crippen LogP contribution in [0.5, 0.6) is 0 Å². The van der Waals surface area contributed by atoms with E-state index in [1.54, 1.807) is 18.2 Å². The maximum absolute atomic E-state index is 12.2. The van der Waals surface area contributed by atoms with E-state index in [1.165, 1.54) is 18.2 Å². The van der Waals surface area contributed by atoms with Crippen molar-refractivity contribution in [3.63, 3.8) is 0 Å². The molecule has 0 aliphatic carbocycles. The molecule has 0 atom stereocenters. The van der Waals surface area contributed by atoms with Gasteiger partial charge in [-0.2, -0.15) is 13.2 Å². The molecule has 0 N–H and O–H groups in total. The number of halogens is 4. The molecule has 0 radical (unpaired) electrons. The van der Waals surface area contributed by atoms with Crippen LogP contribution < -0.4 is 0 Å². The number of hydrogen-bond donors (Lipinski definition) is 0. The number of alkyl halides is 3. The van der Waals surface area contributed by atoms with Gasteiger partial charge in [-0.15, -0.1) is 0 Å².